The van der Waals surface area contributed by atoms with Crippen LogP contribution in [0, 0.1) is 5.92 Å². The van der Waals surface area contributed by atoms with Gasteiger partial charge in [-0.2, -0.15) is 0 Å². The fourth-order valence-corrected chi connectivity index (χ4v) is 4.94. The molecule has 1 aromatic carbocycles. The molecule has 2 heterocycles. The minimum atomic E-state index is -1.37. The maximum Gasteiger partial charge on any atom is 0.410 e. The molecule has 7 heteroatoms. The number of hydrogen-bond acceptors (Lipinski definition) is 5. The van der Waals surface area contributed by atoms with E-state index in [1.807, 2.05) is 41.8 Å². The Morgan fingerprint density at radius 1 is 1.34 bits per heavy atom. The number of benzene rings is 1. The van der Waals surface area contributed by atoms with Crippen LogP contribution in [-0.4, -0.2) is 39.8 Å². The lowest BCUT2D eigenvalue weighted by Gasteiger charge is -2.48. The number of amides is 1. The van der Waals surface area contributed by atoms with Crippen LogP contribution < -0.4 is 0 Å². The van der Waals surface area contributed by atoms with Gasteiger partial charge in [-0.25, -0.2) is 14.2 Å². The Morgan fingerprint density at radius 3 is 2.90 bits per heavy atom. The highest BCUT2D eigenvalue weighted by Crippen LogP contribution is 2.58. The summed E-state index contributed by atoms with van der Waals surface area (Å²) in [6, 6.07) is 9.49. The Balaban J connectivity index is 1.31. The number of carbonyl (C=O) groups is 1. The first kappa shape index (κ1) is 18.3. The summed E-state index contributed by atoms with van der Waals surface area (Å²) in [6.07, 6.45) is 3.66. The number of aromatic nitrogens is 1. The summed E-state index contributed by atoms with van der Waals surface area (Å²) < 4.78 is 20.1. The largest absolute Gasteiger partial charge is 0.443 e. The lowest BCUT2D eigenvalue weighted by atomic mass is 9.60. The molecule has 0 radical (unpaired) electrons. The molecule has 2 aromatic rings. The van der Waals surface area contributed by atoms with E-state index < -0.39 is 11.7 Å². The Hall–Kier alpha value is -2.77. The van der Waals surface area contributed by atoms with Crippen molar-refractivity contribution in [2.45, 2.75) is 18.6 Å². The van der Waals surface area contributed by atoms with Gasteiger partial charge in [0.25, 0.3) is 0 Å². The minimum Gasteiger partial charge on any atom is -0.443 e. The van der Waals surface area contributed by atoms with Crippen molar-refractivity contribution in [2.75, 3.05) is 13.1 Å². The predicted octanol–water partition coefficient (Wildman–Crippen LogP) is 4.09. The van der Waals surface area contributed by atoms with Crippen molar-refractivity contribution < 1.29 is 19.0 Å². The summed E-state index contributed by atoms with van der Waals surface area (Å²) in [4.78, 5) is 18.1. The molecule has 148 valence electrons. The maximum atomic E-state index is 14.7. The second-order valence-electron chi connectivity index (χ2n) is 7.45. The van der Waals surface area contributed by atoms with Crippen molar-refractivity contribution >= 4 is 23.0 Å². The molecular formula is C22H19FN2O3S. The van der Waals surface area contributed by atoms with E-state index >= 15 is 0 Å². The highest BCUT2D eigenvalue weighted by atomic mass is 32.1. The zero-order valence-electron chi connectivity index (χ0n) is 15.5. The van der Waals surface area contributed by atoms with E-state index in [0.29, 0.717) is 41.9 Å². The quantitative estimate of drug-likeness (QED) is 0.825. The molecule has 1 saturated heterocycles. The molecule has 2 atom stereocenters. The molecule has 0 spiro atoms. The first-order valence-electron chi connectivity index (χ1n) is 9.49. The van der Waals surface area contributed by atoms with Gasteiger partial charge in [0.2, 0.25) is 0 Å². The number of likely N-dealkylation sites (tertiary alicyclic amines) is 1. The van der Waals surface area contributed by atoms with E-state index in [9.17, 15) is 14.3 Å². The minimum absolute atomic E-state index is 0.125. The van der Waals surface area contributed by atoms with Gasteiger partial charge >= 0.3 is 6.09 Å². The molecule has 2 bridgehead atoms. The summed E-state index contributed by atoms with van der Waals surface area (Å²) >= 11 is 1.44. The van der Waals surface area contributed by atoms with Gasteiger partial charge in [0.05, 0.1) is 11.2 Å². The van der Waals surface area contributed by atoms with Crippen LogP contribution in [0.2, 0.25) is 0 Å². The predicted molar refractivity (Wildman–Crippen MR) is 108 cm³/mol. The van der Waals surface area contributed by atoms with E-state index in [0.717, 1.165) is 5.56 Å². The van der Waals surface area contributed by atoms with Gasteiger partial charge in [-0.1, -0.05) is 42.5 Å². The number of fused-ring (bicyclic) bond motifs is 2. The number of ether oxygens (including phenoxy) is 1. The molecule has 1 fully saturated rings. The summed E-state index contributed by atoms with van der Waals surface area (Å²) in [5.74, 6) is -0.624. The second-order valence-corrected chi connectivity index (χ2v) is 8.17. The van der Waals surface area contributed by atoms with Crippen LogP contribution in [0.15, 0.2) is 70.3 Å². The van der Waals surface area contributed by atoms with Crippen LogP contribution in [-0.2, 0) is 11.3 Å². The van der Waals surface area contributed by atoms with Crippen molar-refractivity contribution in [1.82, 2.24) is 9.88 Å². The number of halogens is 1. The van der Waals surface area contributed by atoms with E-state index in [-0.39, 0.29) is 18.4 Å². The maximum absolute atomic E-state index is 14.7. The number of thiazole rings is 1. The molecule has 1 amide bonds. The van der Waals surface area contributed by atoms with Crippen LogP contribution >= 0.6 is 11.3 Å². The Labute approximate surface area is 171 Å². The van der Waals surface area contributed by atoms with Gasteiger partial charge in [-0.05, 0) is 17.6 Å². The molecule has 2 unspecified atom stereocenters. The Morgan fingerprint density at radius 2 is 2.17 bits per heavy atom. The van der Waals surface area contributed by atoms with Gasteiger partial charge in [0.1, 0.15) is 18.0 Å². The molecule has 29 heavy (non-hydrogen) atoms. The standard InChI is InChI=1S/C22H19FN2O3S/c23-20-18-7-6-17(14-4-2-1-3-5-14)19(20)22(18,27)15-8-9-25(10-15)21(26)28-11-16-12-29-13-24-16/h1-7,12-13,15,27H,8-11H2. The van der Waals surface area contributed by atoms with Gasteiger partial charge in [0, 0.05) is 35.5 Å². The summed E-state index contributed by atoms with van der Waals surface area (Å²) in [6.45, 7) is 0.914. The molecule has 5 nitrogen and oxygen atoms in total. The van der Waals surface area contributed by atoms with Crippen LogP contribution in [0.5, 0.6) is 0 Å². The first-order valence-corrected chi connectivity index (χ1v) is 10.4. The number of aliphatic hydroxyl groups is 1. The van der Waals surface area contributed by atoms with Gasteiger partial charge in [-0.15, -0.1) is 11.3 Å². The molecule has 1 aromatic heterocycles. The zero-order valence-corrected chi connectivity index (χ0v) is 16.4. The molecule has 1 aliphatic heterocycles. The lowest BCUT2D eigenvalue weighted by Crippen LogP contribution is -2.51. The normalized spacial score (nSPS) is 25.4. The third-order valence-electron chi connectivity index (χ3n) is 5.88. The SMILES string of the molecule is O=C(OCc1cscn1)N1CCC(C2(O)c3ccc(-c4ccccc4)c2c3F)C1. The van der Waals surface area contributed by atoms with Crippen LogP contribution in [0.3, 0.4) is 0 Å². The third-order valence-corrected chi connectivity index (χ3v) is 6.52. The van der Waals surface area contributed by atoms with E-state index in [1.165, 1.54) is 11.3 Å². The lowest BCUT2D eigenvalue weighted by molar-refractivity contribution is 0.0373. The van der Waals surface area contributed by atoms with Crippen molar-refractivity contribution in [1.29, 1.82) is 0 Å². The number of hydrogen-bond donors (Lipinski definition) is 1. The molecule has 1 N–H and O–H groups in total. The topological polar surface area (TPSA) is 62.7 Å². The summed E-state index contributed by atoms with van der Waals surface area (Å²) in [7, 11) is 0. The fraction of sp³-hybridized carbons (Fsp3) is 0.273. The molecule has 2 aliphatic carbocycles. The van der Waals surface area contributed by atoms with Crippen molar-refractivity contribution in [3.8, 4) is 0 Å². The monoisotopic (exact) mass is 410 g/mol. The van der Waals surface area contributed by atoms with Crippen LogP contribution in [0.25, 0.3) is 5.57 Å². The van der Waals surface area contributed by atoms with E-state index in [1.54, 1.807) is 16.5 Å². The molecule has 3 aliphatic rings. The van der Waals surface area contributed by atoms with Gasteiger partial charge in [-0.3, -0.25) is 0 Å². The smallest absolute Gasteiger partial charge is 0.410 e. The Kier molecular flexibility index (Phi) is 4.37. The second kappa shape index (κ2) is 6.93. The third kappa shape index (κ3) is 2.84. The first-order chi connectivity index (χ1) is 14.1. The molecule has 5 rings (SSSR count). The summed E-state index contributed by atoms with van der Waals surface area (Å²) in [5.41, 5.74) is 3.25. The molecular weight excluding hydrogens is 391 g/mol. The Bertz CT molecular complexity index is 1050. The fourth-order valence-electron chi connectivity index (χ4n) is 4.40. The van der Waals surface area contributed by atoms with Crippen molar-refractivity contribution in [2.24, 2.45) is 5.92 Å². The van der Waals surface area contributed by atoms with Crippen LogP contribution in [0.4, 0.5) is 9.18 Å². The number of rotatable bonds is 4. The van der Waals surface area contributed by atoms with E-state index in [2.05, 4.69) is 4.98 Å². The average molecular weight is 410 g/mol. The number of allylic oxidation sites excluding steroid dienone is 2. The molecule has 0 saturated carbocycles. The van der Waals surface area contributed by atoms with E-state index in [4.69, 9.17) is 4.74 Å². The highest BCUT2D eigenvalue weighted by molar-refractivity contribution is 7.07. The zero-order chi connectivity index (χ0) is 20.0. The van der Waals surface area contributed by atoms with Crippen LogP contribution in [0.1, 0.15) is 17.7 Å². The number of nitrogens with zero attached hydrogens (tertiary/aromatic N) is 2. The number of carbonyl (C=O) groups excluding carboxylic acids is 1. The average Bonchev–Trinajstić information content (AvgIpc) is 3.45. The van der Waals surface area contributed by atoms with Gasteiger partial charge in [0.15, 0.2) is 0 Å². The van der Waals surface area contributed by atoms with Crippen molar-refractivity contribution in [3.05, 3.63) is 81.6 Å². The summed E-state index contributed by atoms with van der Waals surface area (Å²) in [5, 5.41) is 13.3. The van der Waals surface area contributed by atoms with Gasteiger partial charge < -0.3 is 14.7 Å². The van der Waals surface area contributed by atoms with Crippen molar-refractivity contribution in [3.63, 3.8) is 0 Å². The highest BCUT2D eigenvalue weighted by Gasteiger charge is 2.58.